The normalized spacial score (nSPS) is 10.9. The van der Waals surface area contributed by atoms with Gasteiger partial charge in [0.1, 0.15) is 11.6 Å². The quantitative estimate of drug-likeness (QED) is 0.850. The summed E-state index contributed by atoms with van der Waals surface area (Å²) in [5, 5.41) is 4.55. The first-order valence-electron chi connectivity index (χ1n) is 5.07. The molecule has 0 aliphatic rings. The fourth-order valence-corrected chi connectivity index (χ4v) is 1.69. The van der Waals surface area contributed by atoms with Crippen LogP contribution in [0, 0.1) is 0 Å². The first-order valence-corrected chi connectivity index (χ1v) is 5.45. The average molecular weight is 237 g/mol. The predicted molar refractivity (Wildman–Crippen MR) is 66.6 cm³/mol. The van der Waals surface area contributed by atoms with Crippen LogP contribution in [0.1, 0.15) is 5.82 Å². The molecule has 2 rings (SSSR count). The first kappa shape index (κ1) is 11.1. The van der Waals surface area contributed by atoms with Gasteiger partial charge in [-0.3, -0.25) is 0 Å². The molecular formula is C11H13ClN4. The molecule has 0 atom stereocenters. The highest BCUT2D eigenvalue weighted by Crippen LogP contribution is 2.21. The third-order valence-electron chi connectivity index (χ3n) is 2.33. The zero-order chi connectivity index (χ0) is 11.5. The number of nitrogens with two attached hydrogens (primary N) is 1. The van der Waals surface area contributed by atoms with Crippen LogP contribution in [-0.4, -0.2) is 23.6 Å². The zero-order valence-corrected chi connectivity index (χ0v) is 9.75. The smallest absolute Gasteiger partial charge is 0.135 e. The summed E-state index contributed by atoms with van der Waals surface area (Å²) in [6.45, 7) is 0.825. The zero-order valence-electron chi connectivity index (χ0n) is 9.00. The molecule has 0 saturated carbocycles. The van der Waals surface area contributed by atoms with Crippen molar-refractivity contribution in [1.82, 2.24) is 15.3 Å². The molecule has 0 aliphatic heterocycles. The topological polar surface area (TPSA) is 63.8 Å². The van der Waals surface area contributed by atoms with E-state index in [1.807, 2.05) is 13.1 Å². The minimum absolute atomic E-state index is 0.507. The van der Waals surface area contributed by atoms with Crippen LogP contribution >= 0.6 is 11.6 Å². The molecule has 0 bridgehead atoms. The van der Waals surface area contributed by atoms with Crippen molar-refractivity contribution in [3.8, 4) is 0 Å². The number of nitrogen functional groups attached to an aromatic ring is 1. The maximum atomic E-state index is 5.91. The molecule has 0 fully saturated rings. The number of halogens is 1. The number of anilines is 1. The van der Waals surface area contributed by atoms with Gasteiger partial charge in [0.05, 0.1) is 5.52 Å². The molecule has 16 heavy (non-hydrogen) atoms. The molecule has 1 heterocycles. The van der Waals surface area contributed by atoms with Crippen molar-refractivity contribution in [3.05, 3.63) is 29.0 Å². The van der Waals surface area contributed by atoms with Crippen molar-refractivity contribution in [1.29, 1.82) is 0 Å². The van der Waals surface area contributed by atoms with Crippen LogP contribution in [0.2, 0.25) is 5.02 Å². The molecular weight excluding hydrogens is 224 g/mol. The van der Waals surface area contributed by atoms with Gasteiger partial charge in [-0.05, 0) is 25.2 Å². The Labute approximate surface area is 98.8 Å². The highest BCUT2D eigenvalue weighted by Gasteiger charge is 2.05. The lowest BCUT2D eigenvalue weighted by molar-refractivity contribution is 0.760. The summed E-state index contributed by atoms with van der Waals surface area (Å²) < 4.78 is 0. The summed E-state index contributed by atoms with van der Waals surface area (Å²) in [5.74, 6) is 1.24. The first-order chi connectivity index (χ1) is 7.70. The van der Waals surface area contributed by atoms with Gasteiger partial charge in [0.2, 0.25) is 0 Å². The van der Waals surface area contributed by atoms with E-state index in [1.165, 1.54) is 0 Å². The van der Waals surface area contributed by atoms with Gasteiger partial charge in [-0.15, -0.1) is 0 Å². The van der Waals surface area contributed by atoms with Gasteiger partial charge >= 0.3 is 0 Å². The summed E-state index contributed by atoms with van der Waals surface area (Å²) in [7, 11) is 1.89. The van der Waals surface area contributed by atoms with E-state index in [0.29, 0.717) is 10.8 Å². The summed E-state index contributed by atoms with van der Waals surface area (Å²) in [6.07, 6.45) is 0.753. The van der Waals surface area contributed by atoms with Gasteiger partial charge in [-0.1, -0.05) is 11.6 Å². The van der Waals surface area contributed by atoms with E-state index >= 15 is 0 Å². The number of rotatable bonds is 3. The van der Waals surface area contributed by atoms with Gasteiger partial charge < -0.3 is 11.1 Å². The average Bonchev–Trinajstić information content (AvgIpc) is 2.25. The van der Waals surface area contributed by atoms with Crippen LogP contribution in [0.3, 0.4) is 0 Å². The fourth-order valence-electron chi connectivity index (χ4n) is 1.53. The lowest BCUT2D eigenvalue weighted by atomic mass is 10.2. The number of aromatic nitrogens is 2. The van der Waals surface area contributed by atoms with E-state index in [2.05, 4.69) is 15.3 Å². The molecule has 0 amide bonds. The molecule has 5 heteroatoms. The van der Waals surface area contributed by atoms with Crippen LogP contribution in [0.4, 0.5) is 5.82 Å². The number of likely N-dealkylation sites (N-methyl/N-ethyl adjacent to an activating group) is 1. The Morgan fingerprint density at radius 2 is 2.19 bits per heavy atom. The lowest BCUT2D eigenvalue weighted by Crippen LogP contribution is -2.13. The molecule has 0 unspecified atom stereocenters. The largest absolute Gasteiger partial charge is 0.383 e. The number of nitrogens with zero attached hydrogens (tertiary/aromatic N) is 2. The van der Waals surface area contributed by atoms with E-state index in [1.54, 1.807) is 12.1 Å². The molecule has 0 spiro atoms. The summed E-state index contributed by atoms with van der Waals surface area (Å²) in [6, 6.07) is 5.43. The minimum atomic E-state index is 0.507. The maximum Gasteiger partial charge on any atom is 0.135 e. The monoisotopic (exact) mass is 236 g/mol. The molecule has 0 radical (unpaired) electrons. The number of fused-ring (bicyclic) bond motifs is 1. The Morgan fingerprint density at radius 3 is 2.94 bits per heavy atom. The van der Waals surface area contributed by atoms with E-state index in [-0.39, 0.29) is 0 Å². The third kappa shape index (κ3) is 2.23. The van der Waals surface area contributed by atoms with Crippen molar-refractivity contribution >= 4 is 28.3 Å². The Balaban J connectivity index is 2.47. The molecule has 1 aromatic heterocycles. The Morgan fingerprint density at radius 1 is 1.38 bits per heavy atom. The number of hydrogen-bond acceptors (Lipinski definition) is 4. The van der Waals surface area contributed by atoms with Crippen molar-refractivity contribution in [2.24, 2.45) is 0 Å². The van der Waals surface area contributed by atoms with Crippen molar-refractivity contribution < 1.29 is 0 Å². The molecule has 0 aliphatic carbocycles. The number of benzene rings is 1. The SMILES string of the molecule is CNCCc1nc(N)c2ccc(Cl)cc2n1. The van der Waals surface area contributed by atoms with Gasteiger partial charge in [0, 0.05) is 23.4 Å². The molecule has 4 nitrogen and oxygen atoms in total. The second-order valence-corrected chi connectivity index (χ2v) is 3.98. The third-order valence-corrected chi connectivity index (χ3v) is 2.57. The van der Waals surface area contributed by atoms with Crippen LogP contribution in [0.25, 0.3) is 10.9 Å². The molecule has 2 aromatic rings. The molecule has 0 saturated heterocycles. The van der Waals surface area contributed by atoms with Crippen molar-refractivity contribution in [3.63, 3.8) is 0 Å². The van der Waals surface area contributed by atoms with Gasteiger partial charge in [-0.25, -0.2) is 9.97 Å². The standard InChI is InChI=1S/C11H13ClN4/c1-14-5-4-10-15-9-6-7(12)2-3-8(9)11(13)16-10/h2-3,6,14H,4-5H2,1H3,(H2,13,15,16). The Kier molecular flexibility index (Phi) is 3.22. The fraction of sp³-hybridized carbons (Fsp3) is 0.273. The van der Waals surface area contributed by atoms with Crippen LogP contribution in [0.5, 0.6) is 0 Å². The highest BCUT2D eigenvalue weighted by atomic mass is 35.5. The minimum Gasteiger partial charge on any atom is -0.383 e. The van der Waals surface area contributed by atoms with Gasteiger partial charge in [0.15, 0.2) is 0 Å². The van der Waals surface area contributed by atoms with E-state index in [0.717, 1.165) is 29.7 Å². The second-order valence-electron chi connectivity index (χ2n) is 3.54. The number of hydrogen-bond donors (Lipinski definition) is 2. The van der Waals surface area contributed by atoms with Crippen LogP contribution in [0.15, 0.2) is 18.2 Å². The molecule has 3 N–H and O–H groups in total. The summed E-state index contributed by atoms with van der Waals surface area (Å²) >= 11 is 5.91. The van der Waals surface area contributed by atoms with Crippen molar-refractivity contribution in [2.45, 2.75) is 6.42 Å². The Bertz CT molecular complexity index is 513. The number of nitrogens with one attached hydrogen (secondary N) is 1. The molecule has 1 aromatic carbocycles. The van der Waals surface area contributed by atoms with Crippen LogP contribution < -0.4 is 11.1 Å². The maximum absolute atomic E-state index is 5.91. The van der Waals surface area contributed by atoms with Gasteiger partial charge in [-0.2, -0.15) is 0 Å². The predicted octanol–water partition coefficient (Wildman–Crippen LogP) is 1.63. The van der Waals surface area contributed by atoms with E-state index in [4.69, 9.17) is 17.3 Å². The highest BCUT2D eigenvalue weighted by molar-refractivity contribution is 6.31. The molecule has 84 valence electrons. The van der Waals surface area contributed by atoms with E-state index in [9.17, 15) is 0 Å². The second kappa shape index (κ2) is 4.63. The van der Waals surface area contributed by atoms with Crippen LogP contribution in [-0.2, 0) is 6.42 Å². The van der Waals surface area contributed by atoms with E-state index < -0.39 is 0 Å². The summed E-state index contributed by atoms with van der Waals surface area (Å²) in [5.41, 5.74) is 6.66. The Hall–Kier alpha value is -1.39. The summed E-state index contributed by atoms with van der Waals surface area (Å²) in [4.78, 5) is 8.67. The lowest BCUT2D eigenvalue weighted by Gasteiger charge is -2.05. The van der Waals surface area contributed by atoms with Crippen molar-refractivity contribution in [2.75, 3.05) is 19.3 Å². The van der Waals surface area contributed by atoms with Gasteiger partial charge in [0.25, 0.3) is 0 Å².